The first-order valence-corrected chi connectivity index (χ1v) is 10.5. The van der Waals surface area contributed by atoms with Gasteiger partial charge < -0.3 is 14.8 Å². The van der Waals surface area contributed by atoms with Crippen LogP contribution in [0.15, 0.2) is 42.5 Å². The molecule has 1 saturated heterocycles. The highest BCUT2D eigenvalue weighted by Gasteiger charge is 2.43. The fraction of sp³-hybridized carbons (Fsp3) is 0.478. The van der Waals surface area contributed by atoms with Gasteiger partial charge in [0, 0.05) is 34.8 Å². The number of fused-ring (bicyclic) bond motifs is 3. The minimum Gasteiger partial charge on any atom is -0.457 e. The van der Waals surface area contributed by atoms with Gasteiger partial charge in [-0.3, -0.25) is 0 Å². The highest BCUT2D eigenvalue weighted by atomic mass is 35.5. The van der Waals surface area contributed by atoms with Crippen LogP contribution in [0.4, 0.5) is 5.69 Å². The van der Waals surface area contributed by atoms with E-state index >= 15 is 0 Å². The van der Waals surface area contributed by atoms with Crippen LogP contribution < -0.4 is 10.1 Å². The normalized spacial score (nSPS) is 24.6. The molecule has 2 unspecified atom stereocenters. The Hall–Kier alpha value is -1.71. The van der Waals surface area contributed by atoms with Gasteiger partial charge in [0.1, 0.15) is 11.5 Å². The molecule has 0 aliphatic carbocycles. The summed E-state index contributed by atoms with van der Waals surface area (Å²) in [4.78, 5) is 0. The van der Waals surface area contributed by atoms with Crippen molar-refractivity contribution in [3.05, 3.63) is 53.1 Å². The van der Waals surface area contributed by atoms with E-state index in [2.05, 4.69) is 31.3 Å². The molecule has 27 heavy (non-hydrogen) atoms. The third-order valence-corrected chi connectivity index (χ3v) is 6.24. The molecule has 0 amide bonds. The van der Waals surface area contributed by atoms with Crippen LogP contribution in [0.25, 0.3) is 0 Å². The highest BCUT2D eigenvalue weighted by molar-refractivity contribution is 6.30. The fourth-order valence-corrected chi connectivity index (χ4v) is 4.79. The fourth-order valence-electron chi connectivity index (χ4n) is 4.67. The number of halogens is 1. The lowest BCUT2D eigenvalue weighted by Crippen LogP contribution is -2.41. The summed E-state index contributed by atoms with van der Waals surface area (Å²) < 4.78 is 12.2. The third kappa shape index (κ3) is 3.81. The van der Waals surface area contributed by atoms with Crippen molar-refractivity contribution < 1.29 is 9.47 Å². The van der Waals surface area contributed by atoms with Crippen molar-refractivity contribution in [2.45, 2.75) is 51.7 Å². The molecule has 1 fully saturated rings. The molecule has 3 nitrogen and oxygen atoms in total. The third-order valence-electron chi connectivity index (χ3n) is 5.99. The van der Waals surface area contributed by atoms with Gasteiger partial charge in [0.15, 0.2) is 0 Å². The first-order valence-electron chi connectivity index (χ1n) is 10.1. The quantitative estimate of drug-likeness (QED) is 0.591. The highest BCUT2D eigenvalue weighted by Crippen LogP contribution is 2.48. The molecule has 2 aromatic carbocycles. The molecule has 2 aromatic rings. The van der Waals surface area contributed by atoms with Gasteiger partial charge in [-0.05, 0) is 61.2 Å². The Balaban J connectivity index is 1.60. The van der Waals surface area contributed by atoms with Crippen LogP contribution in [0.1, 0.15) is 51.2 Å². The summed E-state index contributed by atoms with van der Waals surface area (Å²) in [6.45, 7) is 5.44. The molecule has 1 N–H and O–H groups in total. The summed E-state index contributed by atoms with van der Waals surface area (Å²) in [6.07, 6.45) is 5.01. The molecule has 0 bridgehead atoms. The molecule has 4 heteroatoms. The van der Waals surface area contributed by atoms with Gasteiger partial charge in [0.25, 0.3) is 0 Å². The summed E-state index contributed by atoms with van der Waals surface area (Å²) in [5.74, 6) is 2.87. The van der Waals surface area contributed by atoms with Gasteiger partial charge >= 0.3 is 0 Å². The van der Waals surface area contributed by atoms with E-state index in [1.54, 1.807) is 0 Å². The van der Waals surface area contributed by atoms with Crippen LogP contribution in [0, 0.1) is 11.8 Å². The van der Waals surface area contributed by atoms with Crippen LogP contribution in [0.2, 0.25) is 5.02 Å². The Morgan fingerprint density at radius 1 is 1.15 bits per heavy atom. The maximum absolute atomic E-state index is 6.19. The zero-order valence-electron chi connectivity index (χ0n) is 16.1. The van der Waals surface area contributed by atoms with E-state index in [0.717, 1.165) is 24.5 Å². The summed E-state index contributed by atoms with van der Waals surface area (Å²) in [5, 5.41) is 4.56. The van der Waals surface area contributed by atoms with E-state index in [1.165, 1.54) is 30.5 Å². The minimum atomic E-state index is 0.172. The summed E-state index contributed by atoms with van der Waals surface area (Å²) in [5.41, 5.74) is 2.42. The van der Waals surface area contributed by atoms with Crippen molar-refractivity contribution in [3.63, 3.8) is 0 Å². The van der Waals surface area contributed by atoms with Crippen molar-refractivity contribution >= 4 is 17.3 Å². The largest absolute Gasteiger partial charge is 0.457 e. The standard InChI is InChI=1S/C23H28ClNO2/c1-3-5-15(4-2)22-19-12-13-26-23(19)20-14-18(10-11-21(20)25-22)27-17-8-6-16(24)7-9-17/h6-11,14-15,19,22-23,25H,3-5,12-13H2,1-2H3/t15?,19-,22?,23-/m0/s1. The second-order valence-corrected chi connectivity index (χ2v) is 8.11. The molecule has 4 atom stereocenters. The van der Waals surface area contributed by atoms with Gasteiger partial charge in [0.05, 0.1) is 6.10 Å². The summed E-state index contributed by atoms with van der Waals surface area (Å²) >= 11 is 5.96. The minimum absolute atomic E-state index is 0.172. The van der Waals surface area contributed by atoms with Crippen molar-refractivity contribution in [2.24, 2.45) is 11.8 Å². The van der Waals surface area contributed by atoms with Gasteiger partial charge in [-0.15, -0.1) is 0 Å². The van der Waals surface area contributed by atoms with E-state index in [1.807, 2.05) is 30.3 Å². The van der Waals surface area contributed by atoms with Crippen LogP contribution in [0.5, 0.6) is 11.5 Å². The van der Waals surface area contributed by atoms with Gasteiger partial charge in [-0.2, -0.15) is 0 Å². The van der Waals surface area contributed by atoms with Crippen molar-refractivity contribution in [2.75, 3.05) is 11.9 Å². The number of hydrogen-bond donors (Lipinski definition) is 1. The summed E-state index contributed by atoms with van der Waals surface area (Å²) in [6, 6.07) is 14.3. The van der Waals surface area contributed by atoms with Crippen LogP contribution in [0.3, 0.4) is 0 Å². The Morgan fingerprint density at radius 3 is 2.67 bits per heavy atom. The predicted octanol–water partition coefficient (Wildman–Crippen LogP) is 6.83. The second-order valence-electron chi connectivity index (χ2n) is 7.68. The topological polar surface area (TPSA) is 30.5 Å². The Morgan fingerprint density at radius 2 is 1.93 bits per heavy atom. The van der Waals surface area contributed by atoms with Crippen molar-refractivity contribution in [3.8, 4) is 11.5 Å². The molecular weight excluding hydrogens is 358 g/mol. The first-order chi connectivity index (χ1) is 13.2. The number of nitrogens with one attached hydrogen (secondary N) is 1. The van der Waals surface area contributed by atoms with Gasteiger partial charge in [-0.25, -0.2) is 0 Å². The molecule has 0 spiro atoms. The van der Waals surface area contributed by atoms with Gasteiger partial charge in [-0.1, -0.05) is 38.3 Å². The molecule has 2 heterocycles. The number of anilines is 1. The van der Waals surface area contributed by atoms with E-state index in [0.29, 0.717) is 22.9 Å². The average Bonchev–Trinajstić information content (AvgIpc) is 3.18. The van der Waals surface area contributed by atoms with E-state index in [9.17, 15) is 0 Å². The zero-order valence-corrected chi connectivity index (χ0v) is 16.8. The number of rotatable bonds is 6. The smallest absolute Gasteiger partial charge is 0.127 e. The van der Waals surface area contributed by atoms with Crippen LogP contribution in [-0.4, -0.2) is 12.6 Å². The van der Waals surface area contributed by atoms with Crippen molar-refractivity contribution in [1.82, 2.24) is 0 Å². The van der Waals surface area contributed by atoms with E-state index < -0.39 is 0 Å². The Kier molecular flexibility index (Phi) is 5.60. The number of benzene rings is 2. The molecule has 0 aromatic heterocycles. The van der Waals surface area contributed by atoms with Crippen LogP contribution in [-0.2, 0) is 4.74 Å². The molecule has 2 aliphatic rings. The summed E-state index contributed by atoms with van der Waals surface area (Å²) in [7, 11) is 0. The van der Waals surface area contributed by atoms with E-state index in [4.69, 9.17) is 21.1 Å². The zero-order chi connectivity index (χ0) is 18.8. The Labute approximate surface area is 167 Å². The first kappa shape index (κ1) is 18.6. The monoisotopic (exact) mass is 385 g/mol. The molecule has 144 valence electrons. The lowest BCUT2D eigenvalue weighted by molar-refractivity contribution is 0.0751. The molecule has 2 aliphatic heterocycles. The molecule has 4 rings (SSSR count). The SMILES string of the molecule is CCCC(CC)C1Nc2ccc(Oc3ccc(Cl)cc3)cc2[C@H]2OCC[C@@H]12. The average molecular weight is 386 g/mol. The molecular formula is C23H28ClNO2. The molecule has 0 saturated carbocycles. The van der Waals surface area contributed by atoms with E-state index in [-0.39, 0.29) is 6.10 Å². The lowest BCUT2D eigenvalue weighted by atomic mass is 9.76. The van der Waals surface area contributed by atoms with Crippen molar-refractivity contribution in [1.29, 1.82) is 0 Å². The maximum atomic E-state index is 6.19. The van der Waals surface area contributed by atoms with Crippen LogP contribution >= 0.6 is 11.6 Å². The number of ether oxygens (including phenoxy) is 2. The lowest BCUT2D eigenvalue weighted by Gasteiger charge is -2.40. The second kappa shape index (κ2) is 8.12. The predicted molar refractivity (Wildman–Crippen MR) is 111 cm³/mol. The number of hydrogen-bond acceptors (Lipinski definition) is 3. The van der Waals surface area contributed by atoms with Gasteiger partial charge in [0.2, 0.25) is 0 Å². The maximum Gasteiger partial charge on any atom is 0.127 e. The Bertz CT molecular complexity index is 776. The molecule has 0 radical (unpaired) electrons.